The van der Waals surface area contributed by atoms with Crippen LogP contribution in [0.15, 0.2) is 29.2 Å². The zero-order valence-corrected chi connectivity index (χ0v) is 13.0. The summed E-state index contributed by atoms with van der Waals surface area (Å²) in [6.45, 7) is 5.50. The van der Waals surface area contributed by atoms with Gasteiger partial charge in [-0.05, 0) is 25.0 Å². The molecule has 0 atom stereocenters. The van der Waals surface area contributed by atoms with Crippen LogP contribution >= 0.6 is 0 Å². The van der Waals surface area contributed by atoms with Gasteiger partial charge in [0.15, 0.2) is 0 Å². The zero-order valence-electron chi connectivity index (χ0n) is 12.2. The number of aliphatic hydroxyl groups excluding tert-OH is 1. The van der Waals surface area contributed by atoms with E-state index >= 15 is 0 Å². The van der Waals surface area contributed by atoms with E-state index in [2.05, 4.69) is 4.72 Å². The predicted octanol–water partition coefficient (Wildman–Crippen LogP) is 1.58. The molecule has 114 valence electrons. The van der Waals surface area contributed by atoms with Gasteiger partial charge in [-0.1, -0.05) is 26.0 Å². The Morgan fingerprint density at radius 2 is 1.85 bits per heavy atom. The van der Waals surface area contributed by atoms with Crippen molar-refractivity contribution in [2.75, 3.05) is 31.1 Å². The van der Waals surface area contributed by atoms with Crippen molar-refractivity contribution in [2.45, 2.75) is 31.6 Å². The van der Waals surface area contributed by atoms with Crippen molar-refractivity contribution < 1.29 is 13.5 Å². The minimum atomic E-state index is -3.51. The van der Waals surface area contributed by atoms with Crippen LogP contribution < -0.4 is 9.62 Å². The topological polar surface area (TPSA) is 69.6 Å². The van der Waals surface area contributed by atoms with E-state index in [9.17, 15) is 8.42 Å². The third-order valence-electron chi connectivity index (χ3n) is 2.90. The monoisotopic (exact) mass is 300 g/mol. The summed E-state index contributed by atoms with van der Waals surface area (Å²) in [7, 11) is -3.51. The summed E-state index contributed by atoms with van der Waals surface area (Å²) in [5.41, 5.74) is 0.645. The lowest BCUT2D eigenvalue weighted by Gasteiger charge is -2.25. The molecule has 0 spiro atoms. The summed E-state index contributed by atoms with van der Waals surface area (Å²) >= 11 is 0. The van der Waals surface area contributed by atoms with Crippen molar-refractivity contribution in [1.29, 1.82) is 0 Å². The first-order valence-electron chi connectivity index (χ1n) is 7.01. The third kappa shape index (κ3) is 4.47. The Morgan fingerprint density at radius 3 is 2.45 bits per heavy atom. The molecule has 6 heteroatoms. The van der Waals surface area contributed by atoms with Crippen molar-refractivity contribution in [2.24, 2.45) is 0 Å². The third-order valence-corrected chi connectivity index (χ3v) is 4.41. The van der Waals surface area contributed by atoms with Gasteiger partial charge in [0.25, 0.3) is 0 Å². The van der Waals surface area contributed by atoms with Gasteiger partial charge in [0.2, 0.25) is 10.0 Å². The van der Waals surface area contributed by atoms with Crippen LogP contribution in [0.4, 0.5) is 5.69 Å². The van der Waals surface area contributed by atoms with Gasteiger partial charge in [0.05, 0.1) is 12.3 Å². The fraction of sp³-hybridized carbons (Fsp3) is 0.571. The maximum Gasteiger partial charge on any atom is 0.242 e. The lowest BCUT2D eigenvalue weighted by molar-refractivity contribution is 0.301. The first kappa shape index (κ1) is 16.9. The SMILES string of the molecule is CCCNS(=O)(=O)c1ccccc1N(CCC)CCO. The maximum atomic E-state index is 12.3. The molecule has 1 aromatic rings. The fourth-order valence-electron chi connectivity index (χ4n) is 2.00. The van der Waals surface area contributed by atoms with Gasteiger partial charge < -0.3 is 10.0 Å². The van der Waals surface area contributed by atoms with Crippen LogP contribution in [0.25, 0.3) is 0 Å². The van der Waals surface area contributed by atoms with Gasteiger partial charge in [-0.15, -0.1) is 0 Å². The smallest absolute Gasteiger partial charge is 0.242 e. The first-order valence-corrected chi connectivity index (χ1v) is 8.49. The Balaban J connectivity index is 3.14. The molecule has 0 fully saturated rings. The molecule has 20 heavy (non-hydrogen) atoms. The van der Waals surface area contributed by atoms with Crippen molar-refractivity contribution in [1.82, 2.24) is 4.72 Å². The zero-order chi connectivity index (χ0) is 15.0. The van der Waals surface area contributed by atoms with Crippen molar-refractivity contribution >= 4 is 15.7 Å². The van der Waals surface area contributed by atoms with E-state index < -0.39 is 10.0 Å². The van der Waals surface area contributed by atoms with Gasteiger partial charge in [-0.2, -0.15) is 0 Å². The molecule has 0 saturated heterocycles. The molecule has 0 amide bonds. The van der Waals surface area contributed by atoms with Gasteiger partial charge in [-0.25, -0.2) is 13.1 Å². The van der Waals surface area contributed by atoms with Crippen LogP contribution in [-0.2, 0) is 10.0 Å². The summed E-state index contributed by atoms with van der Waals surface area (Å²) < 4.78 is 27.2. The Morgan fingerprint density at radius 1 is 1.15 bits per heavy atom. The summed E-state index contributed by atoms with van der Waals surface area (Å²) in [5.74, 6) is 0. The van der Waals surface area contributed by atoms with Crippen molar-refractivity contribution in [3.05, 3.63) is 24.3 Å². The van der Waals surface area contributed by atoms with Crippen LogP contribution in [0, 0.1) is 0 Å². The second-order valence-corrected chi connectivity index (χ2v) is 6.31. The van der Waals surface area contributed by atoms with E-state index in [1.807, 2.05) is 24.8 Å². The molecular weight excluding hydrogens is 276 g/mol. The predicted molar refractivity (Wildman–Crippen MR) is 81.5 cm³/mol. The number of hydrogen-bond acceptors (Lipinski definition) is 4. The highest BCUT2D eigenvalue weighted by Gasteiger charge is 2.20. The molecule has 5 nitrogen and oxygen atoms in total. The molecule has 0 heterocycles. The van der Waals surface area contributed by atoms with Crippen molar-refractivity contribution in [3.8, 4) is 0 Å². The highest BCUT2D eigenvalue weighted by Crippen LogP contribution is 2.25. The molecule has 0 bridgehead atoms. The number of hydrogen-bond donors (Lipinski definition) is 2. The molecule has 0 radical (unpaired) electrons. The molecule has 1 rings (SSSR count). The second-order valence-electron chi connectivity index (χ2n) is 4.58. The number of rotatable bonds is 9. The van der Waals surface area contributed by atoms with Crippen LogP contribution in [-0.4, -0.2) is 39.8 Å². The first-order chi connectivity index (χ1) is 9.56. The number of benzene rings is 1. The summed E-state index contributed by atoms with van der Waals surface area (Å²) in [4.78, 5) is 2.18. The van der Waals surface area contributed by atoms with E-state index in [0.717, 1.165) is 12.8 Å². The summed E-state index contributed by atoms with van der Waals surface area (Å²) in [6.07, 6.45) is 1.63. The van der Waals surface area contributed by atoms with Crippen LogP contribution in [0.3, 0.4) is 0 Å². The summed E-state index contributed by atoms with van der Waals surface area (Å²) in [5, 5.41) is 9.15. The number of para-hydroxylation sites is 1. The minimum Gasteiger partial charge on any atom is -0.395 e. The highest BCUT2D eigenvalue weighted by atomic mass is 32.2. The molecule has 0 unspecified atom stereocenters. The largest absolute Gasteiger partial charge is 0.395 e. The molecule has 0 aliphatic rings. The molecule has 0 aliphatic heterocycles. The average Bonchev–Trinajstić information content (AvgIpc) is 2.45. The number of aliphatic hydroxyl groups is 1. The molecule has 2 N–H and O–H groups in total. The highest BCUT2D eigenvalue weighted by molar-refractivity contribution is 7.89. The second kappa shape index (κ2) is 8.24. The number of nitrogens with one attached hydrogen (secondary N) is 1. The quantitative estimate of drug-likeness (QED) is 0.726. The Hall–Kier alpha value is -1.11. The Bertz CT molecular complexity index is 497. The number of nitrogens with zero attached hydrogens (tertiary/aromatic N) is 1. The van der Waals surface area contributed by atoms with Gasteiger partial charge in [0, 0.05) is 19.6 Å². The van der Waals surface area contributed by atoms with Gasteiger partial charge in [-0.3, -0.25) is 0 Å². The molecule has 0 aromatic heterocycles. The Labute approximate surface area is 121 Å². The Kier molecular flexibility index (Phi) is 6.98. The van der Waals surface area contributed by atoms with Crippen LogP contribution in [0.1, 0.15) is 26.7 Å². The van der Waals surface area contributed by atoms with E-state index in [0.29, 0.717) is 25.3 Å². The van der Waals surface area contributed by atoms with Crippen LogP contribution in [0.5, 0.6) is 0 Å². The fourth-order valence-corrected chi connectivity index (χ4v) is 3.36. The molecule has 1 aromatic carbocycles. The lowest BCUT2D eigenvalue weighted by Crippen LogP contribution is -2.31. The molecule has 0 aliphatic carbocycles. The van der Waals surface area contributed by atoms with Crippen LogP contribution in [0.2, 0.25) is 0 Å². The lowest BCUT2D eigenvalue weighted by atomic mass is 10.2. The number of anilines is 1. The molecular formula is C14H24N2O3S. The van der Waals surface area contributed by atoms with E-state index in [-0.39, 0.29) is 11.5 Å². The minimum absolute atomic E-state index is 0.00320. The van der Waals surface area contributed by atoms with E-state index in [4.69, 9.17) is 5.11 Å². The van der Waals surface area contributed by atoms with Crippen molar-refractivity contribution in [3.63, 3.8) is 0 Å². The molecule has 0 saturated carbocycles. The maximum absolute atomic E-state index is 12.3. The van der Waals surface area contributed by atoms with Gasteiger partial charge in [0.1, 0.15) is 4.90 Å². The normalized spacial score (nSPS) is 11.6. The summed E-state index contributed by atoms with van der Waals surface area (Å²) in [6, 6.07) is 6.92. The van der Waals surface area contributed by atoms with Gasteiger partial charge >= 0.3 is 0 Å². The standard InChI is InChI=1S/C14H24N2O3S/c1-3-9-15-20(18,19)14-8-6-5-7-13(14)16(10-4-2)11-12-17/h5-8,15,17H,3-4,9-12H2,1-2H3. The average molecular weight is 300 g/mol. The van der Waals surface area contributed by atoms with E-state index in [1.165, 1.54) is 0 Å². The van der Waals surface area contributed by atoms with E-state index in [1.54, 1.807) is 18.2 Å². The number of sulfonamides is 1.